The molecule has 0 bridgehead atoms. The number of hydrogen-bond acceptors (Lipinski definition) is 5. The van der Waals surface area contributed by atoms with Crippen molar-refractivity contribution in [2.75, 3.05) is 7.11 Å². The molecule has 0 aliphatic heterocycles. The highest BCUT2D eigenvalue weighted by Crippen LogP contribution is 2.26. The fourth-order valence-electron chi connectivity index (χ4n) is 1.43. The summed E-state index contributed by atoms with van der Waals surface area (Å²) in [7, 11) is 1.53. The zero-order chi connectivity index (χ0) is 13.0. The first-order valence-corrected chi connectivity index (χ1v) is 5.15. The topological polar surface area (TPSA) is 81.8 Å². The number of ether oxygens (including phenoxy) is 2. The summed E-state index contributed by atoms with van der Waals surface area (Å²) >= 11 is 0. The third-order valence-corrected chi connectivity index (χ3v) is 2.29. The van der Waals surface area contributed by atoms with E-state index in [9.17, 15) is 4.79 Å². The maximum Gasteiger partial charge on any atom is 0.375 e. The van der Waals surface area contributed by atoms with E-state index in [2.05, 4.69) is 9.68 Å². The Morgan fingerprint density at radius 1 is 1.39 bits per heavy atom. The Labute approximate surface area is 103 Å². The maximum absolute atomic E-state index is 10.8. The Hall–Kier alpha value is -2.50. The minimum Gasteiger partial charge on any atom is -0.493 e. The molecule has 2 rings (SSSR count). The Balaban J connectivity index is 2.11. The number of carboxylic acids is 1. The van der Waals surface area contributed by atoms with E-state index < -0.39 is 5.97 Å². The zero-order valence-electron chi connectivity index (χ0n) is 9.62. The standard InChI is InChI=1S/C12H11NO5/c1-16-9-4-2-3-5-10(9)17-7-8-6-13-18-11(8)12(14)15/h2-6H,7H2,1H3,(H,14,15). The minimum absolute atomic E-state index is 0.0471. The molecule has 0 aliphatic rings. The van der Waals surface area contributed by atoms with Gasteiger partial charge in [-0.05, 0) is 12.1 Å². The van der Waals surface area contributed by atoms with Gasteiger partial charge in [0.1, 0.15) is 6.61 Å². The van der Waals surface area contributed by atoms with Crippen LogP contribution in [0.15, 0.2) is 35.0 Å². The van der Waals surface area contributed by atoms with E-state index in [1.807, 2.05) is 6.07 Å². The van der Waals surface area contributed by atoms with Gasteiger partial charge in [0, 0.05) is 0 Å². The van der Waals surface area contributed by atoms with E-state index in [4.69, 9.17) is 14.6 Å². The summed E-state index contributed by atoms with van der Waals surface area (Å²) < 4.78 is 15.2. The van der Waals surface area contributed by atoms with Crippen LogP contribution >= 0.6 is 0 Å². The van der Waals surface area contributed by atoms with E-state index in [1.54, 1.807) is 18.2 Å². The first-order chi connectivity index (χ1) is 8.72. The molecule has 0 radical (unpaired) electrons. The Morgan fingerprint density at radius 3 is 2.78 bits per heavy atom. The first-order valence-electron chi connectivity index (χ1n) is 5.15. The van der Waals surface area contributed by atoms with Crippen molar-refractivity contribution in [3.8, 4) is 11.5 Å². The monoisotopic (exact) mass is 249 g/mol. The molecule has 2 aromatic rings. The second-order valence-electron chi connectivity index (χ2n) is 3.42. The third kappa shape index (κ3) is 2.42. The van der Waals surface area contributed by atoms with Gasteiger partial charge in [-0.1, -0.05) is 17.3 Å². The highest BCUT2D eigenvalue weighted by Gasteiger charge is 2.16. The highest BCUT2D eigenvalue weighted by atomic mass is 16.5. The Morgan fingerprint density at radius 2 is 2.11 bits per heavy atom. The van der Waals surface area contributed by atoms with Crippen LogP contribution < -0.4 is 9.47 Å². The molecule has 0 amide bonds. The van der Waals surface area contributed by atoms with E-state index >= 15 is 0 Å². The summed E-state index contributed by atoms with van der Waals surface area (Å²) in [6, 6.07) is 7.09. The Bertz CT molecular complexity index is 549. The SMILES string of the molecule is COc1ccccc1OCc1cnoc1C(=O)O. The fourth-order valence-corrected chi connectivity index (χ4v) is 1.43. The quantitative estimate of drug-likeness (QED) is 0.872. The summed E-state index contributed by atoms with van der Waals surface area (Å²) in [5.41, 5.74) is 0.369. The van der Waals surface area contributed by atoms with Crippen molar-refractivity contribution in [1.82, 2.24) is 5.16 Å². The van der Waals surface area contributed by atoms with E-state index in [1.165, 1.54) is 13.3 Å². The van der Waals surface area contributed by atoms with E-state index in [0.29, 0.717) is 17.1 Å². The van der Waals surface area contributed by atoms with Crippen molar-refractivity contribution < 1.29 is 23.9 Å². The summed E-state index contributed by atoms with van der Waals surface area (Å²) in [5.74, 6) is -0.292. The van der Waals surface area contributed by atoms with Crippen LogP contribution in [0.5, 0.6) is 11.5 Å². The lowest BCUT2D eigenvalue weighted by Gasteiger charge is -2.09. The van der Waals surface area contributed by atoms with Gasteiger partial charge in [-0.2, -0.15) is 0 Å². The van der Waals surface area contributed by atoms with Crippen LogP contribution in [0.4, 0.5) is 0 Å². The number of carbonyl (C=O) groups is 1. The van der Waals surface area contributed by atoms with Crippen molar-refractivity contribution in [3.05, 3.63) is 41.8 Å². The van der Waals surface area contributed by atoms with Crippen molar-refractivity contribution in [3.63, 3.8) is 0 Å². The van der Waals surface area contributed by atoms with Crippen LogP contribution in [0.3, 0.4) is 0 Å². The van der Waals surface area contributed by atoms with Gasteiger partial charge in [0.15, 0.2) is 11.5 Å². The molecule has 0 spiro atoms. The van der Waals surface area contributed by atoms with Crippen molar-refractivity contribution in [2.45, 2.75) is 6.61 Å². The summed E-state index contributed by atoms with van der Waals surface area (Å²) in [6.07, 6.45) is 1.32. The largest absolute Gasteiger partial charge is 0.493 e. The number of benzene rings is 1. The van der Waals surface area contributed by atoms with Gasteiger partial charge in [0.2, 0.25) is 0 Å². The molecular weight excluding hydrogens is 238 g/mol. The summed E-state index contributed by atoms with van der Waals surface area (Å²) in [5, 5.41) is 12.3. The molecule has 1 heterocycles. The van der Waals surface area contributed by atoms with Gasteiger partial charge in [-0.3, -0.25) is 0 Å². The number of rotatable bonds is 5. The molecule has 18 heavy (non-hydrogen) atoms. The molecule has 0 fully saturated rings. The number of aromatic nitrogens is 1. The number of para-hydroxylation sites is 2. The van der Waals surface area contributed by atoms with E-state index in [0.717, 1.165) is 0 Å². The number of hydrogen-bond donors (Lipinski definition) is 1. The molecule has 0 saturated heterocycles. The fraction of sp³-hybridized carbons (Fsp3) is 0.167. The molecular formula is C12H11NO5. The lowest BCUT2D eigenvalue weighted by Crippen LogP contribution is -2.03. The molecule has 6 heteroatoms. The smallest absolute Gasteiger partial charge is 0.375 e. The van der Waals surface area contributed by atoms with Gasteiger partial charge in [-0.15, -0.1) is 0 Å². The van der Waals surface area contributed by atoms with Crippen LogP contribution in [0.2, 0.25) is 0 Å². The van der Waals surface area contributed by atoms with Gasteiger partial charge < -0.3 is 19.1 Å². The average Bonchev–Trinajstić information content (AvgIpc) is 2.85. The number of carboxylic acid groups (broad SMARTS) is 1. The summed E-state index contributed by atoms with van der Waals surface area (Å²) in [6.45, 7) is 0.0471. The number of methoxy groups -OCH3 is 1. The molecule has 94 valence electrons. The van der Waals surface area contributed by atoms with Crippen LogP contribution in [0.25, 0.3) is 0 Å². The minimum atomic E-state index is -1.17. The van der Waals surface area contributed by atoms with Crippen LogP contribution in [0, 0.1) is 0 Å². The molecule has 0 saturated carbocycles. The first kappa shape index (κ1) is 12.0. The predicted molar refractivity (Wildman–Crippen MR) is 60.8 cm³/mol. The molecule has 1 aromatic carbocycles. The second-order valence-corrected chi connectivity index (χ2v) is 3.42. The third-order valence-electron chi connectivity index (χ3n) is 2.29. The molecule has 0 unspecified atom stereocenters. The van der Waals surface area contributed by atoms with Crippen LogP contribution in [-0.4, -0.2) is 23.3 Å². The van der Waals surface area contributed by atoms with Crippen molar-refractivity contribution in [1.29, 1.82) is 0 Å². The lowest BCUT2D eigenvalue weighted by atomic mass is 10.2. The lowest BCUT2D eigenvalue weighted by molar-refractivity contribution is 0.0648. The Kier molecular flexibility index (Phi) is 3.47. The molecule has 6 nitrogen and oxygen atoms in total. The molecule has 1 N–H and O–H groups in total. The number of aromatic carboxylic acids is 1. The van der Waals surface area contributed by atoms with Gasteiger partial charge in [0.25, 0.3) is 5.76 Å². The second kappa shape index (κ2) is 5.22. The predicted octanol–water partition coefficient (Wildman–Crippen LogP) is 1.96. The molecule has 1 aromatic heterocycles. The zero-order valence-corrected chi connectivity index (χ0v) is 9.62. The van der Waals surface area contributed by atoms with Crippen LogP contribution in [0.1, 0.15) is 16.1 Å². The van der Waals surface area contributed by atoms with Gasteiger partial charge in [0.05, 0.1) is 18.9 Å². The summed E-state index contributed by atoms with van der Waals surface area (Å²) in [4.78, 5) is 10.8. The van der Waals surface area contributed by atoms with Crippen molar-refractivity contribution >= 4 is 5.97 Å². The van der Waals surface area contributed by atoms with Gasteiger partial charge >= 0.3 is 5.97 Å². The maximum atomic E-state index is 10.8. The number of nitrogens with zero attached hydrogens (tertiary/aromatic N) is 1. The average molecular weight is 249 g/mol. The molecule has 0 aliphatic carbocycles. The van der Waals surface area contributed by atoms with Crippen LogP contribution in [-0.2, 0) is 6.61 Å². The van der Waals surface area contributed by atoms with Crippen molar-refractivity contribution in [2.24, 2.45) is 0 Å². The van der Waals surface area contributed by atoms with Gasteiger partial charge in [-0.25, -0.2) is 4.79 Å². The molecule has 0 atom stereocenters. The highest BCUT2D eigenvalue weighted by molar-refractivity contribution is 5.85. The van der Waals surface area contributed by atoms with E-state index in [-0.39, 0.29) is 12.4 Å². The normalized spacial score (nSPS) is 10.1.